The van der Waals surface area contributed by atoms with E-state index in [1.54, 1.807) is 17.0 Å². The number of hydrogen-bond acceptors (Lipinski definition) is 5. The molecule has 3 aromatic carbocycles. The first-order valence-corrected chi connectivity index (χ1v) is 15.7. The highest BCUT2D eigenvalue weighted by atomic mass is 19.1. The number of hydrogen-bond donors (Lipinski definition) is 3. The van der Waals surface area contributed by atoms with Crippen molar-refractivity contribution in [3.63, 3.8) is 0 Å². The highest BCUT2D eigenvalue weighted by Crippen LogP contribution is 2.22. The van der Waals surface area contributed by atoms with E-state index in [0.717, 1.165) is 27.6 Å². The summed E-state index contributed by atoms with van der Waals surface area (Å²) in [5.74, 6) is -2.44. The minimum Gasteiger partial charge on any atom is -0.463 e. The molecule has 0 aliphatic carbocycles. The average molecular weight is 626 g/mol. The van der Waals surface area contributed by atoms with Gasteiger partial charge in [-0.05, 0) is 60.6 Å². The fourth-order valence-electron chi connectivity index (χ4n) is 5.87. The van der Waals surface area contributed by atoms with Crippen LogP contribution in [0.1, 0.15) is 36.0 Å². The zero-order chi connectivity index (χ0) is 32.3. The van der Waals surface area contributed by atoms with Crippen LogP contribution in [0.15, 0.2) is 97.2 Å². The maximum Gasteiger partial charge on any atom is 0.309 e. The van der Waals surface area contributed by atoms with E-state index in [1.165, 1.54) is 12.1 Å². The first-order valence-electron chi connectivity index (χ1n) is 15.7. The first-order chi connectivity index (χ1) is 22.4. The van der Waals surface area contributed by atoms with Gasteiger partial charge in [-0.15, -0.1) is 0 Å². The highest BCUT2D eigenvalue weighted by Gasteiger charge is 2.29. The monoisotopic (exact) mass is 625 g/mol. The van der Waals surface area contributed by atoms with Crippen LogP contribution in [0.5, 0.6) is 0 Å². The Labute approximate surface area is 268 Å². The molecule has 0 bridgehead atoms. The first kappa shape index (κ1) is 32.6. The molecule has 0 radical (unpaired) electrons. The van der Waals surface area contributed by atoms with Crippen LogP contribution in [-0.4, -0.2) is 58.6 Å². The second-order valence-electron chi connectivity index (χ2n) is 11.8. The number of cyclic esters (lactones) is 1. The molecule has 4 aromatic rings. The number of nitrogens with one attached hydrogen (secondary N) is 2. The maximum atomic E-state index is 13.8. The number of ether oxygens (including phenoxy) is 1. The summed E-state index contributed by atoms with van der Waals surface area (Å²) in [6.45, 7) is 0.249. The molecule has 240 valence electrons. The third-order valence-electron chi connectivity index (χ3n) is 8.38. The number of halogens is 1. The van der Waals surface area contributed by atoms with Crippen LogP contribution in [-0.2, 0) is 38.5 Å². The molecule has 2 heterocycles. The largest absolute Gasteiger partial charge is 0.463 e. The number of nitrogens with zero attached hydrogens (tertiary/aromatic N) is 1. The van der Waals surface area contributed by atoms with Crippen molar-refractivity contribution in [1.82, 2.24) is 15.2 Å². The van der Waals surface area contributed by atoms with Crippen molar-refractivity contribution >= 4 is 28.7 Å². The molecule has 9 heteroatoms. The zero-order valence-corrected chi connectivity index (χ0v) is 25.7. The van der Waals surface area contributed by atoms with E-state index in [-0.39, 0.29) is 49.8 Å². The Morgan fingerprint density at radius 2 is 1.61 bits per heavy atom. The Hall–Kier alpha value is -4.76. The number of carbonyl (C=O) groups excluding carboxylic acids is 3. The van der Waals surface area contributed by atoms with Crippen molar-refractivity contribution in [1.29, 1.82) is 0 Å². The van der Waals surface area contributed by atoms with Gasteiger partial charge in [-0.1, -0.05) is 72.8 Å². The van der Waals surface area contributed by atoms with Gasteiger partial charge in [0.05, 0.1) is 24.5 Å². The van der Waals surface area contributed by atoms with E-state index < -0.39 is 17.9 Å². The van der Waals surface area contributed by atoms with Crippen molar-refractivity contribution in [3.8, 4) is 0 Å². The minimum absolute atomic E-state index is 0.0401. The summed E-state index contributed by atoms with van der Waals surface area (Å²) >= 11 is 0. The number of H-pyrrole nitrogens is 1. The van der Waals surface area contributed by atoms with Crippen LogP contribution < -0.4 is 5.32 Å². The number of aliphatic hydroxyl groups excluding tert-OH is 1. The van der Waals surface area contributed by atoms with Crippen molar-refractivity contribution in [2.75, 3.05) is 19.8 Å². The second-order valence-corrected chi connectivity index (χ2v) is 11.8. The molecule has 1 aromatic heterocycles. The van der Waals surface area contributed by atoms with Crippen molar-refractivity contribution < 1.29 is 28.6 Å². The van der Waals surface area contributed by atoms with E-state index in [4.69, 9.17) is 4.74 Å². The van der Waals surface area contributed by atoms with Gasteiger partial charge in [0.15, 0.2) is 0 Å². The van der Waals surface area contributed by atoms with E-state index in [2.05, 4.69) is 10.3 Å². The van der Waals surface area contributed by atoms with Crippen LogP contribution in [0.4, 0.5) is 4.39 Å². The molecule has 0 fully saturated rings. The Balaban J connectivity index is 1.37. The molecular formula is C37H40FN3O5. The molecule has 8 nitrogen and oxygen atoms in total. The van der Waals surface area contributed by atoms with E-state index in [0.29, 0.717) is 32.2 Å². The molecule has 5 rings (SSSR count). The lowest BCUT2D eigenvalue weighted by molar-refractivity contribution is -0.150. The average Bonchev–Trinajstić information content (AvgIpc) is 3.47. The summed E-state index contributed by atoms with van der Waals surface area (Å²) in [7, 11) is 0. The summed E-state index contributed by atoms with van der Waals surface area (Å²) in [5, 5.41) is 13.8. The molecule has 0 saturated heterocycles. The Kier molecular flexibility index (Phi) is 11.3. The quantitative estimate of drug-likeness (QED) is 0.168. The Morgan fingerprint density at radius 3 is 2.37 bits per heavy atom. The minimum atomic E-state index is -0.670. The standard InChI is InChI=1S/C37H40FN3O5/c38-31-16-14-26(15-17-31)20-29-11-5-4-10-28(22-35(43)41(18-19-42)24-27-8-2-1-3-9-27)36(44)40-32(25-46-37(29)45)21-30-23-39-34-13-7-6-12-33(30)34/h1-9,12-17,23,28-29,32,39,42H,10-11,18-22,24-25H2,(H,40,44)/b5-4-/t28-,29-,32+/m0/s1. The van der Waals surface area contributed by atoms with Crippen LogP contribution >= 0.6 is 0 Å². The Bertz CT molecular complexity index is 1640. The number of para-hydroxylation sites is 1. The zero-order valence-electron chi connectivity index (χ0n) is 25.7. The fourth-order valence-corrected chi connectivity index (χ4v) is 5.87. The van der Waals surface area contributed by atoms with Crippen LogP contribution in [0.2, 0.25) is 0 Å². The molecule has 0 saturated carbocycles. The molecule has 0 unspecified atom stereocenters. The van der Waals surface area contributed by atoms with Crippen LogP contribution in [0, 0.1) is 17.7 Å². The van der Waals surface area contributed by atoms with Gasteiger partial charge in [-0.25, -0.2) is 4.39 Å². The topological polar surface area (TPSA) is 112 Å². The fraction of sp³-hybridized carbons (Fsp3) is 0.324. The Morgan fingerprint density at radius 1 is 0.891 bits per heavy atom. The maximum absolute atomic E-state index is 13.8. The predicted molar refractivity (Wildman–Crippen MR) is 174 cm³/mol. The van der Waals surface area contributed by atoms with E-state index >= 15 is 0 Å². The van der Waals surface area contributed by atoms with Gasteiger partial charge in [0.25, 0.3) is 0 Å². The summed E-state index contributed by atoms with van der Waals surface area (Å²) in [6, 6.07) is 22.9. The molecule has 0 spiro atoms. The van der Waals surface area contributed by atoms with Crippen LogP contribution in [0.3, 0.4) is 0 Å². The van der Waals surface area contributed by atoms with Gasteiger partial charge in [-0.2, -0.15) is 0 Å². The van der Waals surface area contributed by atoms with Crippen molar-refractivity contribution in [2.24, 2.45) is 11.8 Å². The lowest BCUT2D eigenvalue weighted by atomic mass is 9.93. The molecule has 2 amide bonds. The van der Waals surface area contributed by atoms with Gasteiger partial charge in [0.2, 0.25) is 11.8 Å². The molecule has 1 aliphatic heterocycles. The lowest BCUT2D eigenvalue weighted by Gasteiger charge is -2.26. The molecule has 3 N–H and O–H groups in total. The number of amides is 2. The number of aromatic nitrogens is 1. The smallest absolute Gasteiger partial charge is 0.309 e. The molecule has 46 heavy (non-hydrogen) atoms. The number of rotatable bonds is 10. The predicted octanol–water partition coefficient (Wildman–Crippen LogP) is 5.11. The number of aliphatic hydroxyl groups is 1. The van der Waals surface area contributed by atoms with E-state index in [9.17, 15) is 23.9 Å². The SMILES string of the molecule is O=C1N[C@H](Cc2c[nH]c3ccccc23)COC(=O)[C@H](Cc2ccc(F)cc2)C/C=C\C[C@H]1CC(=O)N(CCO)Cc1ccccc1. The van der Waals surface area contributed by atoms with Crippen LogP contribution in [0.25, 0.3) is 10.9 Å². The second kappa shape index (κ2) is 16.0. The van der Waals surface area contributed by atoms with E-state index in [1.807, 2.05) is 72.9 Å². The number of esters is 1. The summed E-state index contributed by atoms with van der Waals surface area (Å²) in [4.78, 5) is 45.5. The lowest BCUT2D eigenvalue weighted by Crippen LogP contribution is -2.45. The summed E-state index contributed by atoms with van der Waals surface area (Å²) in [6.07, 6.45) is 7.00. The number of fused-ring (bicyclic) bond motifs is 1. The molecule has 3 atom stereocenters. The van der Waals surface area contributed by atoms with Gasteiger partial charge < -0.3 is 25.0 Å². The van der Waals surface area contributed by atoms with Crippen molar-refractivity contribution in [3.05, 3.63) is 120 Å². The number of aromatic amines is 1. The number of benzene rings is 3. The van der Waals surface area contributed by atoms with Crippen molar-refractivity contribution in [2.45, 2.75) is 44.7 Å². The normalized spacial score (nSPS) is 19.8. The summed E-state index contributed by atoms with van der Waals surface area (Å²) < 4.78 is 19.3. The summed E-state index contributed by atoms with van der Waals surface area (Å²) in [5.41, 5.74) is 3.68. The van der Waals surface area contributed by atoms with Gasteiger partial charge in [-0.3, -0.25) is 14.4 Å². The third kappa shape index (κ3) is 8.91. The van der Waals surface area contributed by atoms with Gasteiger partial charge in [0, 0.05) is 36.6 Å². The highest BCUT2D eigenvalue weighted by molar-refractivity contribution is 5.87. The van der Waals surface area contributed by atoms with Gasteiger partial charge >= 0.3 is 5.97 Å². The molecular weight excluding hydrogens is 585 g/mol. The van der Waals surface area contributed by atoms with Gasteiger partial charge in [0.1, 0.15) is 12.4 Å². The number of allylic oxidation sites excluding steroid dienone is 2. The number of carbonyl (C=O) groups is 3. The third-order valence-corrected chi connectivity index (χ3v) is 8.38. The molecule has 1 aliphatic rings.